The zero-order chi connectivity index (χ0) is 12.5. The molecule has 5 nitrogen and oxygen atoms in total. The number of nitrogens with two attached hydrogens (primary N) is 2. The Morgan fingerprint density at radius 3 is 2.56 bits per heavy atom. The molecule has 0 bridgehead atoms. The van der Waals surface area contributed by atoms with Gasteiger partial charge in [0.05, 0.1) is 5.69 Å². The Balaban J connectivity index is 3.08. The van der Waals surface area contributed by atoms with Crippen LogP contribution in [-0.2, 0) is 17.3 Å². The number of carbonyl (C=O) groups excluding carboxylic acids is 1. The molecule has 1 aromatic heterocycles. The van der Waals surface area contributed by atoms with E-state index in [2.05, 4.69) is 25.9 Å². The number of hydrogen-bond acceptors (Lipinski definition) is 3. The number of hydrogen-bond donors (Lipinski definition) is 2. The number of carbonyl (C=O) groups is 1. The fourth-order valence-corrected chi connectivity index (χ4v) is 1.69. The fourth-order valence-electron chi connectivity index (χ4n) is 1.69. The van der Waals surface area contributed by atoms with Crippen LogP contribution in [0.1, 0.15) is 44.5 Å². The van der Waals surface area contributed by atoms with E-state index < -0.39 is 5.91 Å². The minimum atomic E-state index is -0.392. The average Bonchev–Trinajstić information content (AvgIpc) is 2.45. The fraction of sp³-hybridized carbons (Fsp3) is 0.636. The molecular weight excluding hydrogens is 204 g/mol. The summed E-state index contributed by atoms with van der Waals surface area (Å²) in [6, 6.07) is -0.375. The van der Waals surface area contributed by atoms with Gasteiger partial charge in [0.15, 0.2) is 0 Å². The number of nitrogens with zero attached hydrogens (tertiary/aromatic N) is 2. The van der Waals surface area contributed by atoms with Gasteiger partial charge in [-0.05, 0) is 0 Å². The van der Waals surface area contributed by atoms with Crippen LogP contribution in [0.3, 0.4) is 0 Å². The first-order chi connectivity index (χ1) is 7.21. The molecule has 1 aromatic rings. The Morgan fingerprint density at radius 1 is 1.56 bits per heavy atom. The molecule has 1 atom stereocenters. The Morgan fingerprint density at radius 2 is 2.12 bits per heavy atom. The second kappa shape index (κ2) is 4.25. The van der Waals surface area contributed by atoms with Crippen LogP contribution in [0.4, 0.5) is 0 Å². The Labute approximate surface area is 95.8 Å². The van der Waals surface area contributed by atoms with Crippen LogP contribution in [0.25, 0.3) is 0 Å². The van der Waals surface area contributed by atoms with E-state index in [9.17, 15) is 4.79 Å². The lowest BCUT2D eigenvalue weighted by molar-refractivity contribution is -0.118. The standard InChI is InChI=1S/C11H20N4O/c1-11(2,3)10-7(6-15(4)14-10)8(12)5-9(13)16/h6,8H,5,12H2,1-4H3,(H2,13,16)/t8-/m0/s1. The van der Waals surface area contributed by atoms with Crippen LogP contribution < -0.4 is 11.5 Å². The van der Waals surface area contributed by atoms with Gasteiger partial charge in [0, 0.05) is 36.7 Å². The molecule has 0 aliphatic carbocycles. The number of primary amides is 1. The molecule has 0 fully saturated rings. The van der Waals surface area contributed by atoms with E-state index in [1.807, 2.05) is 13.2 Å². The van der Waals surface area contributed by atoms with Crippen LogP contribution >= 0.6 is 0 Å². The normalized spacial score (nSPS) is 13.8. The molecule has 90 valence electrons. The zero-order valence-corrected chi connectivity index (χ0v) is 10.3. The molecule has 0 spiro atoms. The van der Waals surface area contributed by atoms with Crippen molar-refractivity contribution in [3.05, 3.63) is 17.5 Å². The van der Waals surface area contributed by atoms with Crippen molar-refractivity contribution in [2.75, 3.05) is 0 Å². The smallest absolute Gasteiger partial charge is 0.219 e. The highest BCUT2D eigenvalue weighted by Gasteiger charge is 2.25. The molecule has 1 amide bonds. The molecule has 0 radical (unpaired) electrons. The number of rotatable bonds is 3. The van der Waals surface area contributed by atoms with Gasteiger partial charge in [-0.2, -0.15) is 5.10 Å². The summed E-state index contributed by atoms with van der Waals surface area (Å²) in [6.07, 6.45) is 2.00. The van der Waals surface area contributed by atoms with Crippen LogP contribution in [0.5, 0.6) is 0 Å². The van der Waals surface area contributed by atoms with Gasteiger partial charge in [-0.25, -0.2) is 0 Å². The predicted molar refractivity (Wildman–Crippen MR) is 62.6 cm³/mol. The Kier molecular flexibility index (Phi) is 3.38. The minimum Gasteiger partial charge on any atom is -0.370 e. The van der Waals surface area contributed by atoms with Crippen LogP contribution in [-0.4, -0.2) is 15.7 Å². The SMILES string of the molecule is Cn1cc([C@@H](N)CC(N)=O)c(C(C)(C)C)n1. The first-order valence-electron chi connectivity index (χ1n) is 5.29. The van der Waals surface area contributed by atoms with Crippen LogP contribution in [0, 0.1) is 0 Å². The molecule has 4 N–H and O–H groups in total. The van der Waals surface area contributed by atoms with E-state index in [1.54, 1.807) is 4.68 Å². The van der Waals surface area contributed by atoms with Gasteiger partial charge in [-0.15, -0.1) is 0 Å². The summed E-state index contributed by atoms with van der Waals surface area (Å²) in [6.45, 7) is 6.20. The monoisotopic (exact) mass is 224 g/mol. The molecule has 0 saturated carbocycles. The maximum Gasteiger partial charge on any atom is 0.219 e. The summed E-state index contributed by atoms with van der Waals surface area (Å²) < 4.78 is 1.72. The molecule has 1 rings (SSSR count). The van der Waals surface area contributed by atoms with Gasteiger partial charge in [-0.1, -0.05) is 20.8 Å². The highest BCUT2D eigenvalue weighted by Crippen LogP contribution is 2.28. The summed E-state index contributed by atoms with van der Waals surface area (Å²) in [5.41, 5.74) is 12.8. The summed E-state index contributed by atoms with van der Waals surface area (Å²) in [5.74, 6) is -0.392. The van der Waals surface area contributed by atoms with Crippen molar-refractivity contribution in [3.8, 4) is 0 Å². The first-order valence-corrected chi connectivity index (χ1v) is 5.29. The molecular formula is C11H20N4O. The lowest BCUT2D eigenvalue weighted by Gasteiger charge is -2.19. The van der Waals surface area contributed by atoms with Crippen molar-refractivity contribution in [1.29, 1.82) is 0 Å². The Bertz CT molecular complexity index is 389. The summed E-state index contributed by atoms with van der Waals surface area (Å²) in [4.78, 5) is 10.9. The van der Waals surface area contributed by atoms with E-state index in [0.29, 0.717) is 0 Å². The molecule has 0 aliphatic rings. The van der Waals surface area contributed by atoms with E-state index in [0.717, 1.165) is 11.3 Å². The third-order valence-electron chi connectivity index (χ3n) is 2.39. The molecule has 1 heterocycles. The zero-order valence-electron chi connectivity index (χ0n) is 10.3. The average molecular weight is 224 g/mol. The summed E-state index contributed by atoms with van der Waals surface area (Å²) in [5, 5.41) is 4.39. The predicted octanol–water partition coefficient (Wildman–Crippen LogP) is 0.593. The minimum absolute atomic E-state index is 0.0914. The molecule has 16 heavy (non-hydrogen) atoms. The Hall–Kier alpha value is -1.36. The van der Waals surface area contributed by atoms with Crippen molar-refractivity contribution >= 4 is 5.91 Å². The van der Waals surface area contributed by atoms with E-state index >= 15 is 0 Å². The number of aryl methyl sites for hydroxylation is 1. The van der Waals surface area contributed by atoms with Crippen molar-refractivity contribution in [2.24, 2.45) is 18.5 Å². The second-order valence-corrected chi connectivity index (χ2v) is 5.13. The maximum atomic E-state index is 10.9. The van der Waals surface area contributed by atoms with E-state index in [-0.39, 0.29) is 17.9 Å². The molecule has 0 aliphatic heterocycles. The van der Waals surface area contributed by atoms with E-state index in [1.165, 1.54) is 0 Å². The topological polar surface area (TPSA) is 86.9 Å². The quantitative estimate of drug-likeness (QED) is 0.787. The van der Waals surface area contributed by atoms with Crippen LogP contribution in [0.15, 0.2) is 6.20 Å². The summed E-state index contributed by atoms with van der Waals surface area (Å²) in [7, 11) is 1.84. The molecule has 0 aromatic carbocycles. The van der Waals surface area contributed by atoms with Gasteiger partial charge in [0.2, 0.25) is 5.91 Å². The first kappa shape index (κ1) is 12.7. The van der Waals surface area contributed by atoms with Gasteiger partial charge in [-0.3, -0.25) is 9.48 Å². The van der Waals surface area contributed by atoms with Gasteiger partial charge >= 0.3 is 0 Å². The highest BCUT2D eigenvalue weighted by molar-refractivity contribution is 5.74. The largest absolute Gasteiger partial charge is 0.370 e. The van der Waals surface area contributed by atoms with Crippen molar-refractivity contribution in [3.63, 3.8) is 0 Å². The molecule has 5 heteroatoms. The van der Waals surface area contributed by atoms with Gasteiger partial charge in [0.25, 0.3) is 0 Å². The van der Waals surface area contributed by atoms with Crippen LogP contribution in [0.2, 0.25) is 0 Å². The third-order valence-corrected chi connectivity index (χ3v) is 2.39. The van der Waals surface area contributed by atoms with Crippen molar-refractivity contribution < 1.29 is 4.79 Å². The van der Waals surface area contributed by atoms with Gasteiger partial charge < -0.3 is 11.5 Å². The van der Waals surface area contributed by atoms with Gasteiger partial charge in [0.1, 0.15) is 0 Å². The van der Waals surface area contributed by atoms with Crippen molar-refractivity contribution in [1.82, 2.24) is 9.78 Å². The summed E-state index contributed by atoms with van der Waals surface area (Å²) >= 11 is 0. The lowest BCUT2D eigenvalue weighted by atomic mass is 9.87. The molecule has 0 saturated heterocycles. The highest BCUT2D eigenvalue weighted by atomic mass is 16.1. The molecule has 0 unspecified atom stereocenters. The lowest BCUT2D eigenvalue weighted by Crippen LogP contribution is -2.24. The second-order valence-electron chi connectivity index (χ2n) is 5.13. The van der Waals surface area contributed by atoms with E-state index in [4.69, 9.17) is 11.5 Å². The van der Waals surface area contributed by atoms with Crippen molar-refractivity contribution in [2.45, 2.75) is 38.6 Å². The third kappa shape index (κ3) is 2.82. The number of aromatic nitrogens is 2. The maximum absolute atomic E-state index is 10.9. The number of amides is 1.